The van der Waals surface area contributed by atoms with Crippen LogP contribution in [0.1, 0.15) is 37.7 Å². The minimum atomic E-state index is -3.96. The fourth-order valence-corrected chi connectivity index (χ4v) is 4.94. The SMILES string of the molecule is Cc1cccc([N+](=O)[O-])c1S(=O)(=O)NCC1(N(C)C)CCCCC1. The Balaban J connectivity index is 2.31. The summed E-state index contributed by atoms with van der Waals surface area (Å²) in [6.45, 7) is 1.83. The molecule has 7 nitrogen and oxygen atoms in total. The van der Waals surface area contributed by atoms with E-state index in [4.69, 9.17) is 0 Å². The highest BCUT2D eigenvalue weighted by atomic mass is 32.2. The molecule has 1 fully saturated rings. The highest BCUT2D eigenvalue weighted by Gasteiger charge is 2.37. The number of nitrogens with one attached hydrogen (secondary N) is 1. The molecule has 0 saturated heterocycles. The third-order valence-corrected chi connectivity index (χ3v) is 6.57. The summed E-state index contributed by atoms with van der Waals surface area (Å²) >= 11 is 0. The van der Waals surface area contributed by atoms with Crippen molar-refractivity contribution >= 4 is 15.7 Å². The predicted octanol–water partition coefficient (Wildman–Crippen LogP) is 2.45. The summed E-state index contributed by atoms with van der Waals surface area (Å²) in [5, 5.41) is 11.2. The van der Waals surface area contributed by atoms with Gasteiger partial charge in [-0.3, -0.25) is 10.1 Å². The zero-order valence-electron chi connectivity index (χ0n) is 14.4. The van der Waals surface area contributed by atoms with Crippen molar-refractivity contribution in [2.45, 2.75) is 49.5 Å². The fourth-order valence-electron chi connectivity index (χ4n) is 3.42. The lowest BCUT2D eigenvalue weighted by Gasteiger charge is -2.43. The Bertz CT molecular complexity index is 710. The van der Waals surface area contributed by atoms with Gasteiger partial charge in [-0.05, 0) is 39.4 Å². The number of hydrogen-bond donors (Lipinski definition) is 1. The van der Waals surface area contributed by atoms with Crippen LogP contribution in [0.2, 0.25) is 0 Å². The molecule has 0 amide bonds. The number of hydrogen-bond acceptors (Lipinski definition) is 5. The van der Waals surface area contributed by atoms with E-state index in [9.17, 15) is 18.5 Å². The summed E-state index contributed by atoms with van der Waals surface area (Å²) in [5.74, 6) is 0. The Morgan fingerprint density at radius 3 is 2.42 bits per heavy atom. The largest absolute Gasteiger partial charge is 0.302 e. The van der Waals surface area contributed by atoms with Crippen molar-refractivity contribution in [3.63, 3.8) is 0 Å². The first kappa shape index (κ1) is 18.8. The van der Waals surface area contributed by atoms with E-state index in [1.807, 2.05) is 14.1 Å². The molecular formula is C16H25N3O4S. The average molecular weight is 355 g/mol. The Hall–Kier alpha value is -1.51. The van der Waals surface area contributed by atoms with Crippen LogP contribution in [0, 0.1) is 17.0 Å². The molecule has 0 unspecified atom stereocenters. The molecule has 0 aromatic heterocycles. The molecule has 0 radical (unpaired) electrons. The summed E-state index contributed by atoms with van der Waals surface area (Å²) in [6, 6.07) is 4.29. The Kier molecular flexibility index (Phi) is 5.62. The molecule has 134 valence electrons. The van der Waals surface area contributed by atoms with Gasteiger partial charge >= 0.3 is 0 Å². The van der Waals surface area contributed by atoms with Crippen LogP contribution in [0.15, 0.2) is 23.1 Å². The number of nitro benzene ring substituents is 1. The van der Waals surface area contributed by atoms with Crippen LogP contribution in [0.3, 0.4) is 0 Å². The minimum absolute atomic E-state index is 0.233. The topological polar surface area (TPSA) is 92.5 Å². The van der Waals surface area contributed by atoms with Crippen LogP contribution < -0.4 is 4.72 Å². The molecule has 8 heteroatoms. The van der Waals surface area contributed by atoms with Gasteiger partial charge in [0.25, 0.3) is 5.69 Å². The molecule has 1 aromatic carbocycles. The lowest BCUT2D eigenvalue weighted by atomic mass is 9.81. The van der Waals surface area contributed by atoms with E-state index < -0.39 is 14.9 Å². The van der Waals surface area contributed by atoms with Crippen molar-refractivity contribution < 1.29 is 13.3 Å². The van der Waals surface area contributed by atoms with Crippen LogP contribution >= 0.6 is 0 Å². The van der Waals surface area contributed by atoms with Crippen molar-refractivity contribution in [3.05, 3.63) is 33.9 Å². The maximum atomic E-state index is 12.8. The average Bonchev–Trinajstić information content (AvgIpc) is 2.53. The van der Waals surface area contributed by atoms with Gasteiger partial charge in [0, 0.05) is 18.2 Å². The summed E-state index contributed by atoms with van der Waals surface area (Å²) in [7, 11) is -0.0476. The molecule has 1 N–H and O–H groups in total. The molecule has 2 rings (SSSR count). The van der Waals surface area contributed by atoms with Gasteiger partial charge in [-0.15, -0.1) is 0 Å². The standard InChI is InChI=1S/C16H25N3O4S/c1-13-8-7-9-14(19(20)21)15(13)24(22,23)17-12-16(18(2)3)10-5-4-6-11-16/h7-9,17H,4-6,10-12H2,1-3H3. The highest BCUT2D eigenvalue weighted by Crippen LogP contribution is 2.33. The minimum Gasteiger partial charge on any atom is -0.302 e. The summed E-state index contributed by atoms with van der Waals surface area (Å²) in [6.07, 6.45) is 5.11. The molecule has 0 atom stereocenters. The van der Waals surface area contributed by atoms with Crippen molar-refractivity contribution in [2.24, 2.45) is 0 Å². The van der Waals surface area contributed by atoms with Crippen molar-refractivity contribution in [1.29, 1.82) is 0 Å². The molecule has 0 heterocycles. The number of nitrogens with zero attached hydrogens (tertiary/aromatic N) is 2. The van der Waals surface area contributed by atoms with E-state index in [0.29, 0.717) is 5.56 Å². The second kappa shape index (κ2) is 7.16. The normalized spacial score (nSPS) is 17.8. The van der Waals surface area contributed by atoms with Gasteiger partial charge < -0.3 is 4.90 Å². The second-order valence-electron chi connectivity index (χ2n) is 6.68. The van der Waals surface area contributed by atoms with Crippen LogP contribution in [0.4, 0.5) is 5.69 Å². The molecule has 1 aliphatic carbocycles. The second-order valence-corrected chi connectivity index (χ2v) is 8.39. The molecule has 1 aromatic rings. The quantitative estimate of drug-likeness (QED) is 0.625. The van der Waals surface area contributed by atoms with Crippen molar-refractivity contribution in [2.75, 3.05) is 20.6 Å². The third kappa shape index (κ3) is 3.76. The van der Waals surface area contributed by atoms with E-state index in [2.05, 4.69) is 9.62 Å². The van der Waals surface area contributed by atoms with E-state index in [-0.39, 0.29) is 22.7 Å². The summed E-state index contributed by atoms with van der Waals surface area (Å²) in [4.78, 5) is 12.4. The van der Waals surface area contributed by atoms with Gasteiger partial charge in [0.1, 0.15) is 0 Å². The molecule has 24 heavy (non-hydrogen) atoms. The molecule has 1 aliphatic rings. The Morgan fingerprint density at radius 1 is 1.25 bits per heavy atom. The van der Waals surface area contributed by atoms with Crippen LogP contribution in [-0.2, 0) is 10.0 Å². The van der Waals surface area contributed by atoms with Gasteiger partial charge in [-0.25, -0.2) is 13.1 Å². The Morgan fingerprint density at radius 2 is 1.88 bits per heavy atom. The zero-order valence-corrected chi connectivity index (χ0v) is 15.2. The monoisotopic (exact) mass is 355 g/mol. The van der Waals surface area contributed by atoms with E-state index >= 15 is 0 Å². The number of sulfonamides is 1. The van der Waals surface area contributed by atoms with E-state index in [0.717, 1.165) is 32.1 Å². The van der Waals surface area contributed by atoms with E-state index in [1.165, 1.54) is 12.1 Å². The number of benzene rings is 1. The summed E-state index contributed by atoms with van der Waals surface area (Å²) < 4.78 is 28.1. The molecule has 0 bridgehead atoms. The summed E-state index contributed by atoms with van der Waals surface area (Å²) in [5.41, 5.74) is -0.243. The smallest absolute Gasteiger partial charge is 0.289 e. The lowest BCUT2D eigenvalue weighted by molar-refractivity contribution is -0.387. The fraction of sp³-hybridized carbons (Fsp3) is 0.625. The number of nitro groups is 1. The lowest BCUT2D eigenvalue weighted by Crippen LogP contribution is -2.53. The van der Waals surface area contributed by atoms with Crippen LogP contribution in [-0.4, -0.2) is 44.4 Å². The van der Waals surface area contributed by atoms with Gasteiger partial charge in [0.15, 0.2) is 4.90 Å². The maximum absolute atomic E-state index is 12.8. The number of rotatable bonds is 6. The van der Waals surface area contributed by atoms with Gasteiger partial charge in [-0.2, -0.15) is 0 Å². The van der Waals surface area contributed by atoms with Crippen molar-refractivity contribution in [1.82, 2.24) is 9.62 Å². The first-order chi connectivity index (χ1) is 11.2. The van der Waals surface area contributed by atoms with Gasteiger partial charge in [0.05, 0.1) is 4.92 Å². The first-order valence-corrected chi connectivity index (χ1v) is 9.59. The molecule has 1 saturated carbocycles. The molecule has 0 spiro atoms. The van der Waals surface area contributed by atoms with Crippen molar-refractivity contribution in [3.8, 4) is 0 Å². The number of aryl methyl sites for hydroxylation is 1. The number of likely N-dealkylation sites (N-methyl/N-ethyl adjacent to an activating group) is 1. The maximum Gasteiger partial charge on any atom is 0.289 e. The van der Waals surface area contributed by atoms with Crippen LogP contribution in [0.5, 0.6) is 0 Å². The van der Waals surface area contributed by atoms with Crippen LogP contribution in [0.25, 0.3) is 0 Å². The van der Waals surface area contributed by atoms with E-state index in [1.54, 1.807) is 13.0 Å². The zero-order chi connectivity index (χ0) is 18.0. The van der Waals surface area contributed by atoms with Gasteiger partial charge in [0.2, 0.25) is 10.0 Å². The third-order valence-electron chi connectivity index (χ3n) is 4.98. The molecular weight excluding hydrogens is 330 g/mol. The Labute approximate surface area is 143 Å². The predicted molar refractivity (Wildman–Crippen MR) is 92.5 cm³/mol. The van der Waals surface area contributed by atoms with Gasteiger partial charge in [-0.1, -0.05) is 31.4 Å². The highest BCUT2D eigenvalue weighted by molar-refractivity contribution is 7.89. The first-order valence-electron chi connectivity index (χ1n) is 8.11. The molecule has 0 aliphatic heterocycles.